The first-order valence-corrected chi connectivity index (χ1v) is 7.88. The molecule has 116 valence electrons. The molecule has 1 aliphatic rings. The van der Waals surface area contributed by atoms with Crippen LogP contribution in [-0.4, -0.2) is 21.2 Å². The third kappa shape index (κ3) is 2.39. The van der Waals surface area contributed by atoms with Crippen LogP contribution in [0.2, 0.25) is 0 Å². The number of rotatable bonds is 2. The van der Waals surface area contributed by atoms with Gasteiger partial charge in [0.05, 0.1) is 4.92 Å². The van der Waals surface area contributed by atoms with E-state index in [1.54, 1.807) is 18.7 Å². The fourth-order valence-electron chi connectivity index (χ4n) is 3.18. The lowest BCUT2D eigenvalue weighted by atomic mass is 9.97. The lowest BCUT2D eigenvalue weighted by Gasteiger charge is -2.30. The van der Waals surface area contributed by atoms with E-state index in [0.29, 0.717) is 18.1 Å². The van der Waals surface area contributed by atoms with Gasteiger partial charge in [-0.3, -0.25) is 10.1 Å². The third-order valence-electron chi connectivity index (χ3n) is 4.07. The van der Waals surface area contributed by atoms with Crippen LogP contribution in [0, 0.1) is 24.0 Å². The third-order valence-corrected chi connectivity index (χ3v) is 4.78. The van der Waals surface area contributed by atoms with Crippen molar-refractivity contribution in [2.75, 3.05) is 11.4 Å². The first-order chi connectivity index (χ1) is 10.4. The van der Waals surface area contributed by atoms with Gasteiger partial charge in [0, 0.05) is 24.6 Å². The second-order valence-corrected chi connectivity index (χ2v) is 6.55. The van der Waals surface area contributed by atoms with Gasteiger partial charge in [0.25, 0.3) is 0 Å². The highest BCUT2D eigenvalue weighted by molar-refractivity contribution is 9.10. The van der Waals surface area contributed by atoms with Crippen molar-refractivity contribution in [2.24, 2.45) is 7.05 Å². The standard InChI is InChI=1S/C15H17BrN4O2/c1-9-6-11-8-19(5-4-12(11)13(16)7-9)15-14(20(21)22)10(2)17-18(15)3/h6-7H,4-5,8H2,1-3H3. The van der Waals surface area contributed by atoms with Gasteiger partial charge in [0.1, 0.15) is 5.69 Å². The van der Waals surface area contributed by atoms with Crippen molar-refractivity contribution < 1.29 is 4.92 Å². The molecule has 0 fully saturated rings. The van der Waals surface area contributed by atoms with Gasteiger partial charge < -0.3 is 4.90 Å². The molecule has 3 rings (SSSR count). The van der Waals surface area contributed by atoms with Gasteiger partial charge >= 0.3 is 5.69 Å². The molecule has 1 aliphatic heterocycles. The molecule has 22 heavy (non-hydrogen) atoms. The van der Waals surface area contributed by atoms with Crippen LogP contribution in [-0.2, 0) is 20.0 Å². The van der Waals surface area contributed by atoms with E-state index in [4.69, 9.17) is 0 Å². The minimum atomic E-state index is -0.334. The van der Waals surface area contributed by atoms with E-state index in [9.17, 15) is 10.1 Å². The first-order valence-electron chi connectivity index (χ1n) is 7.09. The fourth-order valence-corrected chi connectivity index (χ4v) is 3.99. The molecular weight excluding hydrogens is 348 g/mol. The number of nitro groups is 1. The summed E-state index contributed by atoms with van der Waals surface area (Å²) in [6.45, 7) is 5.14. The van der Waals surface area contributed by atoms with E-state index >= 15 is 0 Å². The number of fused-ring (bicyclic) bond motifs is 1. The predicted octanol–water partition coefficient (Wildman–Crippen LogP) is 3.27. The van der Waals surface area contributed by atoms with E-state index in [0.717, 1.165) is 17.4 Å². The molecule has 0 bridgehead atoms. The Morgan fingerprint density at radius 1 is 1.36 bits per heavy atom. The van der Waals surface area contributed by atoms with Crippen molar-refractivity contribution in [1.29, 1.82) is 0 Å². The molecule has 0 amide bonds. The molecule has 0 saturated carbocycles. The van der Waals surface area contributed by atoms with Gasteiger partial charge in [-0.25, -0.2) is 4.68 Å². The van der Waals surface area contributed by atoms with Gasteiger partial charge in [0.15, 0.2) is 0 Å². The van der Waals surface area contributed by atoms with Crippen molar-refractivity contribution in [1.82, 2.24) is 9.78 Å². The number of nitrogens with zero attached hydrogens (tertiary/aromatic N) is 4. The smallest absolute Gasteiger partial charge is 0.333 e. The Hall–Kier alpha value is -1.89. The van der Waals surface area contributed by atoms with Gasteiger partial charge in [-0.05, 0) is 43.0 Å². The molecule has 0 N–H and O–H groups in total. The molecular formula is C15H17BrN4O2. The molecule has 1 aromatic heterocycles. The summed E-state index contributed by atoms with van der Waals surface area (Å²) in [5, 5.41) is 15.6. The maximum absolute atomic E-state index is 11.4. The Kier molecular flexibility index (Phi) is 3.68. The summed E-state index contributed by atoms with van der Waals surface area (Å²) < 4.78 is 2.74. The second kappa shape index (κ2) is 5.39. The quantitative estimate of drug-likeness (QED) is 0.605. The minimum Gasteiger partial charge on any atom is -0.346 e. The average molecular weight is 365 g/mol. The number of aryl methyl sites for hydroxylation is 3. The summed E-state index contributed by atoms with van der Waals surface area (Å²) in [4.78, 5) is 13.1. The lowest BCUT2D eigenvalue weighted by Crippen LogP contribution is -2.32. The Morgan fingerprint density at radius 3 is 2.77 bits per heavy atom. The van der Waals surface area contributed by atoms with Crippen molar-refractivity contribution in [3.05, 3.63) is 49.1 Å². The normalized spacial score (nSPS) is 14.1. The largest absolute Gasteiger partial charge is 0.346 e. The van der Waals surface area contributed by atoms with Crippen LogP contribution in [0.5, 0.6) is 0 Å². The Labute approximate surface area is 137 Å². The molecule has 0 spiro atoms. The number of hydrogen-bond donors (Lipinski definition) is 0. The van der Waals surface area contributed by atoms with E-state index in [-0.39, 0.29) is 10.6 Å². The molecule has 0 unspecified atom stereocenters. The lowest BCUT2D eigenvalue weighted by molar-refractivity contribution is -0.384. The molecule has 0 saturated heterocycles. The van der Waals surface area contributed by atoms with Gasteiger partial charge in [-0.15, -0.1) is 0 Å². The zero-order valence-electron chi connectivity index (χ0n) is 12.8. The highest BCUT2D eigenvalue weighted by Crippen LogP contribution is 2.35. The van der Waals surface area contributed by atoms with Crippen LogP contribution in [0.3, 0.4) is 0 Å². The minimum absolute atomic E-state index is 0.109. The van der Waals surface area contributed by atoms with Crippen LogP contribution in [0.15, 0.2) is 16.6 Å². The SMILES string of the molecule is Cc1cc(Br)c2c(c1)CN(c1c([N+](=O)[O-])c(C)nn1C)CC2. The van der Waals surface area contributed by atoms with Crippen LogP contribution >= 0.6 is 15.9 Å². The number of anilines is 1. The molecule has 7 heteroatoms. The van der Waals surface area contributed by atoms with E-state index in [1.165, 1.54) is 16.7 Å². The van der Waals surface area contributed by atoms with E-state index < -0.39 is 0 Å². The highest BCUT2D eigenvalue weighted by atomic mass is 79.9. The number of halogens is 1. The zero-order valence-corrected chi connectivity index (χ0v) is 14.3. The van der Waals surface area contributed by atoms with Gasteiger partial charge in [-0.2, -0.15) is 5.10 Å². The summed E-state index contributed by atoms with van der Waals surface area (Å²) in [5.41, 5.74) is 4.26. The number of benzene rings is 1. The Morgan fingerprint density at radius 2 is 2.09 bits per heavy atom. The fraction of sp³-hybridized carbons (Fsp3) is 0.400. The molecule has 0 radical (unpaired) electrons. The van der Waals surface area contributed by atoms with Crippen molar-refractivity contribution in [3.8, 4) is 0 Å². The summed E-state index contributed by atoms with van der Waals surface area (Å²) in [7, 11) is 1.76. The van der Waals surface area contributed by atoms with Crippen LogP contribution in [0.1, 0.15) is 22.4 Å². The van der Waals surface area contributed by atoms with Crippen LogP contribution in [0.25, 0.3) is 0 Å². The first kappa shape index (κ1) is 15.0. The van der Waals surface area contributed by atoms with E-state index in [2.05, 4.69) is 40.1 Å². The number of aromatic nitrogens is 2. The van der Waals surface area contributed by atoms with Crippen LogP contribution < -0.4 is 4.90 Å². The zero-order chi connectivity index (χ0) is 16.0. The summed E-state index contributed by atoms with van der Waals surface area (Å²) in [5.74, 6) is 0.589. The maximum Gasteiger partial charge on any atom is 0.333 e. The molecule has 0 aliphatic carbocycles. The average Bonchev–Trinajstić information content (AvgIpc) is 2.72. The Balaban J connectivity index is 2.04. The Bertz CT molecular complexity index is 769. The van der Waals surface area contributed by atoms with Crippen molar-refractivity contribution in [3.63, 3.8) is 0 Å². The van der Waals surface area contributed by atoms with Gasteiger partial charge in [-0.1, -0.05) is 22.0 Å². The van der Waals surface area contributed by atoms with Crippen molar-refractivity contribution >= 4 is 27.4 Å². The predicted molar refractivity (Wildman–Crippen MR) is 88.2 cm³/mol. The summed E-state index contributed by atoms with van der Waals surface area (Å²) in [6.07, 6.45) is 0.859. The van der Waals surface area contributed by atoms with Crippen LogP contribution in [0.4, 0.5) is 11.5 Å². The second-order valence-electron chi connectivity index (χ2n) is 5.69. The molecule has 6 nitrogen and oxygen atoms in total. The van der Waals surface area contributed by atoms with Crippen molar-refractivity contribution in [2.45, 2.75) is 26.8 Å². The number of hydrogen-bond acceptors (Lipinski definition) is 4. The topological polar surface area (TPSA) is 64.2 Å². The van der Waals surface area contributed by atoms with Gasteiger partial charge in [0.2, 0.25) is 5.82 Å². The summed E-state index contributed by atoms with van der Waals surface area (Å²) in [6, 6.07) is 4.27. The highest BCUT2D eigenvalue weighted by Gasteiger charge is 2.30. The molecule has 0 atom stereocenters. The monoisotopic (exact) mass is 364 g/mol. The van der Waals surface area contributed by atoms with E-state index in [1.807, 2.05) is 4.90 Å². The molecule has 2 heterocycles. The summed E-state index contributed by atoms with van der Waals surface area (Å²) >= 11 is 3.62. The molecule has 2 aromatic rings. The maximum atomic E-state index is 11.4. The molecule has 1 aromatic carbocycles.